The second-order valence-electron chi connectivity index (χ2n) is 6.87. The van der Waals surface area contributed by atoms with Gasteiger partial charge in [-0.05, 0) is 49.7 Å². The number of fused-ring (bicyclic) bond motifs is 1. The number of aryl methyl sites for hydroxylation is 2. The summed E-state index contributed by atoms with van der Waals surface area (Å²) >= 11 is 1.84. The van der Waals surface area contributed by atoms with Gasteiger partial charge in [0.2, 0.25) is 0 Å². The Kier molecular flexibility index (Phi) is 4.38. The Bertz CT molecular complexity index is 984. The molecule has 134 valence electrons. The number of aromatic nitrogens is 2. The van der Waals surface area contributed by atoms with Crippen molar-refractivity contribution in [3.8, 4) is 11.4 Å². The Hall–Kier alpha value is -2.44. The number of thiophene rings is 1. The van der Waals surface area contributed by atoms with E-state index in [9.17, 15) is 4.79 Å². The lowest BCUT2D eigenvalue weighted by Gasteiger charge is -2.27. The predicted octanol–water partition coefficient (Wildman–Crippen LogP) is 3.26. The van der Waals surface area contributed by atoms with Crippen molar-refractivity contribution in [2.45, 2.75) is 33.4 Å². The van der Waals surface area contributed by atoms with Gasteiger partial charge in [-0.15, -0.1) is 11.3 Å². The number of benzene rings is 1. The van der Waals surface area contributed by atoms with Crippen molar-refractivity contribution in [1.82, 2.24) is 14.9 Å². The molecule has 3 aromatic rings. The van der Waals surface area contributed by atoms with E-state index in [0.29, 0.717) is 18.1 Å². The minimum Gasteiger partial charge on any atom is -0.399 e. The molecule has 0 saturated heterocycles. The van der Waals surface area contributed by atoms with E-state index in [2.05, 4.69) is 29.8 Å². The highest BCUT2D eigenvalue weighted by molar-refractivity contribution is 7.12. The van der Waals surface area contributed by atoms with E-state index in [-0.39, 0.29) is 5.56 Å². The molecule has 0 atom stereocenters. The van der Waals surface area contributed by atoms with Gasteiger partial charge < -0.3 is 10.7 Å². The number of nitrogens with one attached hydrogen (secondary N) is 1. The molecule has 6 heteroatoms. The quantitative estimate of drug-likeness (QED) is 0.698. The Morgan fingerprint density at radius 1 is 1.27 bits per heavy atom. The zero-order chi connectivity index (χ0) is 18.3. The monoisotopic (exact) mass is 366 g/mol. The summed E-state index contributed by atoms with van der Waals surface area (Å²) in [6.07, 6.45) is 0.796. The van der Waals surface area contributed by atoms with Crippen LogP contribution in [0.4, 0.5) is 5.69 Å². The van der Waals surface area contributed by atoms with Crippen LogP contribution in [0.15, 0.2) is 35.1 Å². The van der Waals surface area contributed by atoms with Crippen molar-refractivity contribution in [2.24, 2.45) is 0 Å². The second-order valence-corrected chi connectivity index (χ2v) is 8.22. The number of H-pyrrole nitrogens is 1. The van der Waals surface area contributed by atoms with Crippen molar-refractivity contribution in [3.63, 3.8) is 0 Å². The second kappa shape index (κ2) is 6.70. The molecule has 1 aliphatic rings. The van der Waals surface area contributed by atoms with Crippen LogP contribution in [0.1, 0.15) is 26.6 Å². The fourth-order valence-corrected chi connectivity index (χ4v) is 4.44. The summed E-state index contributed by atoms with van der Waals surface area (Å²) in [7, 11) is 0. The molecule has 0 radical (unpaired) electrons. The molecular formula is C20H22N4OS. The molecule has 0 saturated carbocycles. The Morgan fingerprint density at radius 2 is 2.04 bits per heavy atom. The number of nitrogens with zero attached hydrogens (tertiary/aromatic N) is 2. The Balaban J connectivity index is 1.58. The number of nitrogens with two attached hydrogens (primary N) is 1. The van der Waals surface area contributed by atoms with Gasteiger partial charge in [0.05, 0.1) is 11.3 Å². The zero-order valence-corrected chi connectivity index (χ0v) is 15.8. The summed E-state index contributed by atoms with van der Waals surface area (Å²) in [5, 5.41) is 0. The normalized spacial score (nSPS) is 14.4. The van der Waals surface area contributed by atoms with Gasteiger partial charge in [0, 0.05) is 47.1 Å². The van der Waals surface area contributed by atoms with Gasteiger partial charge in [-0.3, -0.25) is 9.69 Å². The number of hydrogen-bond acceptors (Lipinski definition) is 5. The van der Waals surface area contributed by atoms with Crippen molar-refractivity contribution >= 4 is 17.0 Å². The highest BCUT2D eigenvalue weighted by atomic mass is 32.1. The maximum Gasteiger partial charge on any atom is 0.255 e. The fraction of sp³-hybridized carbons (Fsp3) is 0.300. The van der Waals surface area contributed by atoms with E-state index < -0.39 is 0 Å². The summed E-state index contributed by atoms with van der Waals surface area (Å²) in [6.45, 7) is 6.75. The number of nitrogen functional groups attached to an aromatic ring is 1. The SMILES string of the molecule is Cc1cc(CN2CCc3nc(-c4ccc(N)cc4)[nH]c(=O)c3C2)sc1C. The minimum atomic E-state index is -0.0370. The number of anilines is 1. The molecule has 3 heterocycles. The van der Waals surface area contributed by atoms with Crippen LogP contribution in [0.25, 0.3) is 11.4 Å². The molecule has 0 bridgehead atoms. The van der Waals surface area contributed by atoms with Gasteiger partial charge in [0.25, 0.3) is 5.56 Å². The summed E-state index contributed by atoms with van der Waals surface area (Å²) in [4.78, 5) is 25.3. The first-order valence-electron chi connectivity index (χ1n) is 8.76. The van der Waals surface area contributed by atoms with Crippen molar-refractivity contribution in [2.75, 3.05) is 12.3 Å². The lowest BCUT2D eigenvalue weighted by molar-refractivity contribution is 0.244. The van der Waals surface area contributed by atoms with E-state index >= 15 is 0 Å². The molecule has 1 aliphatic heterocycles. The van der Waals surface area contributed by atoms with Crippen LogP contribution in [-0.4, -0.2) is 21.4 Å². The number of aromatic amines is 1. The maximum atomic E-state index is 12.6. The van der Waals surface area contributed by atoms with E-state index in [1.807, 2.05) is 35.6 Å². The van der Waals surface area contributed by atoms with Crippen molar-refractivity contribution in [3.05, 3.63) is 67.3 Å². The van der Waals surface area contributed by atoms with Gasteiger partial charge >= 0.3 is 0 Å². The molecule has 4 rings (SSSR count). The van der Waals surface area contributed by atoms with Gasteiger partial charge in [-0.2, -0.15) is 0 Å². The Labute approximate surface area is 156 Å². The average Bonchev–Trinajstić information content (AvgIpc) is 2.93. The zero-order valence-electron chi connectivity index (χ0n) is 15.0. The first-order chi connectivity index (χ1) is 12.5. The maximum absolute atomic E-state index is 12.6. The average molecular weight is 366 g/mol. The number of rotatable bonds is 3. The Morgan fingerprint density at radius 3 is 2.73 bits per heavy atom. The molecule has 0 amide bonds. The number of hydrogen-bond donors (Lipinski definition) is 2. The van der Waals surface area contributed by atoms with E-state index in [4.69, 9.17) is 10.7 Å². The first-order valence-corrected chi connectivity index (χ1v) is 9.57. The first kappa shape index (κ1) is 17.0. The van der Waals surface area contributed by atoms with Crippen LogP contribution < -0.4 is 11.3 Å². The summed E-state index contributed by atoms with van der Waals surface area (Å²) < 4.78 is 0. The lowest BCUT2D eigenvalue weighted by atomic mass is 10.1. The fourth-order valence-electron chi connectivity index (χ4n) is 3.34. The minimum absolute atomic E-state index is 0.0370. The van der Waals surface area contributed by atoms with Gasteiger partial charge in [0.1, 0.15) is 5.82 Å². The topological polar surface area (TPSA) is 75.0 Å². The highest BCUT2D eigenvalue weighted by Crippen LogP contribution is 2.25. The molecule has 1 aromatic carbocycles. The highest BCUT2D eigenvalue weighted by Gasteiger charge is 2.22. The molecule has 26 heavy (non-hydrogen) atoms. The lowest BCUT2D eigenvalue weighted by Crippen LogP contribution is -2.35. The largest absolute Gasteiger partial charge is 0.399 e. The van der Waals surface area contributed by atoms with E-state index in [1.54, 1.807) is 0 Å². The smallest absolute Gasteiger partial charge is 0.255 e. The van der Waals surface area contributed by atoms with Crippen LogP contribution in [0, 0.1) is 13.8 Å². The van der Waals surface area contributed by atoms with Gasteiger partial charge in [-0.25, -0.2) is 4.98 Å². The molecule has 0 unspecified atom stereocenters. The summed E-state index contributed by atoms with van der Waals surface area (Å²) in [5.74, 6) is 0.617. The predicted molar refractivity (Wildman–Crippen MR) is 106 cm³/mol. The van der Waals surface area contributed by atoms with Crippen LogP contribution in [0.5, 0.6) is 0 Å². The van der Waals surface area contributed by atoms with Crippen LogP contribution in [0.2, 0.25) is 0 Å². The van der Waals surface area contributed by atoms with Crippen LogP contribution in [-0.2, 0) is 19.5 Å². The standard InChI is InChI=1S/C20H22N4OS/c1-12-9-16(26-13(12)2)10-24-8-7-18-17(11-24)20(25)23-19(22-18)14-3-5-15(21)6-4-14/h3-6,9H,7-8,10-11,21H2,1-2H3,(H,22,23,25). The van der Waals surface area contributed by atoms with E-state index in [0.717, 1.165) is 36.3 Å². The summed E-state index contributed by atoms with van der Waals surface area (Å²) in [6, 6.07) is 9.67. The molecule has 2 aromatic heterocycles. The summed E-state index contributed by atoms with van der Waals surface area (Å²) in [5.41, 5.74) is 10.3. The third-order valence-electron chi connectivity index (χ3n) is 4.93. The molecule has 0 spiro atoms. The van der Waals surface area contributed by atoms with Crippen LogP contribution >= 0.6 is 11.3 Å². The third-order valence-corrected chi connectivity index (χ3v) is 6.07. The molecule has 5 nitrogen and oxygen atoms in total. The van der Waals surface area contributed by atoms with E-state index in [1.165, 1.54) is 15.3 Å². The van der Waals surface area contributed by atoms with Crippen molar-refractivity contribution < 1.29 is 0 Å². The van der Waals surface area contributed by atoms with Crippen molar-refractivity contribution in [1.29, 1.82) is 0 Å². The molecule has 3 N–H and O–H groups in total. The molecular weight excluding hydrogens is 344 g/mol. The molecule has 0 fully saturated rings. The van der Waals surface area contributed by atoms with Crippen LogP contribution in [0.3, 0.4) is 0 Å². The third kappa shape index (κ3) is 3.30. The van der Waals surface area contributed by atoms with Gasteiger partial charge in [0.15, 0.2) is 0 Å². The van der Waals surface area contributed by atoms with Gasteiger partial charge in [-0.1, -0.05) is 0 Å². The molecule has 0 aliphatic carbocycles.